The summed E-state index contributed by atoms with van der Waals surface area (Å²) in [5, 5.41) is 2.79. The Balaban J connectivity index is 0.00000400. The van der Waals surface area contributed by atoms with Gasteiger partial charge in [-0.25, -0.2) is 4.85 Å². The summed E-state index contributed by atoms with van der Waals surface area (Å²) >= 11 is 5.67. The molecule has 1 aliphatic carbocycles. The normalized spacial score (nSPS) is 16.7. The van der Waals surface area contributed by atoms with Crippen molar-refractivity contribution in [1.29, 1.82) is 0 Å². The molecular formula is C28H31F3N4O2S. The molecule has 0 aromatic heterocycles. The van der Waals surface area contributed by atoms with Crippen LogP contribution in [0.4, 0.5) is 30.2 Å². The van der Waals surface area contributed by atoms with Gasteiger partial charge in [-0.1, -0.05) is 39.5 Å². The van der Waals surface area contributed by atoms with Gasteiger partial charge in [-0.2, -0.15) is 13.2 Å². The fourth-order valence-corrected chi connectivity index (χ4v) is 5.38. The Hall–Kier alpha value is -3.45. The number of alkyl halides is 3. The number of amides is 2. The fourth-order valence-electron chi connectivity index (χ4n) is 4.92. The first kappa shape index (κ1) is 29.1. The number of carbonyl (C=O) groups excluding carboxylic acids is 2. The van der Waals surface area contributed by atoms with Crippen molar-refractivity contribution in [3.8, 4) is 0 Å². The van der Waals surface area contributed by atoms with Crippen molar-refractivity contribution in [3.05, 3.63) is 65.0 Å². The van der Waals surface area contributed by atoms with Crippen molar-refractivity contribution in [3.63, 3.8) is 0 Å². The summed E-state index contributed by atoms with van der Waals surface area (Å²) in [5.41, 5.74) is -1.39. The van der Waals surface area contributed by atoms with E-state index in [-0.39, 0.29) is 30.0 Å². The maximum Gasteiger partial charge on any atom is 0.407 e. The van der Waals surface area contributed by atoms with Gasteiger partial charge in [0.1, 0.15) is 5.54 Å². The van der Waals surface area contributed by atoms with Crippen LogP contribution in [0.2, 0.25) is 0 Å². The van der Waals surface area contributed by atoms with Crippen LogP contribution in [0.5, 0.6) is 0 Å². The zero-order valence-electron chi connectivity index (χ0n) is 20.8. The lowest BCUT2D eigenvalue weighted by Gasteiger charge is -2.43. The van der Waals surface area contributed by atoms with Gasteiger partial charge in [-0.05, 0) is 74.2 Å². The molecule has 38 heavy (non-hydrogen) atoms. The minimum Gasteiger partial charge on any atom is -0.359 e. The van der Waals surface area contributed by atoms with Crippen LogP contribution in [0.15, 0.2) is 42.5 Å². The zero-order valence-corrected chi connectivity index (χ0v) is 21.6. The Kier molecular flexibility index (Phi) is 7.94. The molecule has 1 spiro atoms. The summed E-state index contributed by atoms with van der Waals surface area (Å²) in [5.74, 6) is -0.390. The average Bonchev–Trinajstić information content (AvgIpc) is 3.08. The summed E-state index contributed by atoms with van der Waals surface area (Å²) in [6.45, 7) is 10.8. The first-order valence-corrected chi connectivity index (χ1v) is 12.4. The van der Waals surface area contributed by atoms with Gasteiger partial charge >= 0.3 is 6.18 Å². The van der Waals surface area contributed by atoms with E-state index in [1.165, 1.54) is 6.07 Å². The van der Waals surface area contributed by atoms with Crippen molar-refractivity contribution >= 4 is 46.2 Å². The maximum atomic E-state index is 13.6. The first-order chi connectivity index (χ1) is 17.4. The van der Waals surface area contributed by atoms with Gasteiger partial charge in [0.25, 0.3) is 5.91 Å². The van der Waals surface area contributed by atoms with Gasteiger partial charge in [-0.15, -0.1) is 0 Å². The number of rotatable bonds is 6. The number of hydrogen-bond donors (Lipinski definition) is 1. The third-order valence-corrected chi connectivity index (χ3v) is 7.70. The molecule has 2 aromatic rings. The van der Waals surface area contributed by atoms with Gasteiger partial charge in [0.15, 0.2) is 10.8 Å². The molecular weight excluding hydrogens is 513 g/mol. The van der Waals surface area contributed by atoms with Crippen LogP contribution in [0.25, 0.3) is 4.85 Å². The second kappa shape index (κ2) is 10.4. The Bertz CT molecular complexity index is 1290. The van der Waals surface area contributed by atoms with E-state index in [0.717, 1.165) is 29.0 Å². The number of benzene rings is 2. The summed E-state index contributed by atoms with van der Waals surface area (Å²) < 4.78 is 40.8. The summed E-state index contributed by atoms with van der Waals surface area (Å²) in [7, 11) is 1.61. The van der Waals surface area contributed by atoms with E-state index >= 15 is 0 Å². The smallest absolute Gasteiger partial charge is 0.359 e. The molecule has 2 amide bonds. The number of anilines is 2. The molecule has 202 valence electrons. The molecule has 10 heteroatoms. The first-order valence-electron chi connectivity index (χ1n) is 11.9. The van der Waals surface area contributed by atoms with E-state index in [4.69, 9.17) is 18.8 Å². The summed E-state index contributed by atoms with van der Waals surface area (Å²) in [6, 6.07) is 10.8. The second-order valence-electron chi connectivity index (χ2n) is 10.1. The third kappa shape index (κ3) is 4.87. The Morgan fingerprint density at radius 1 is 1.13 bits per heavy atom. The van der Waals surface area contributed by atoms with Gasteiger partial charge in [0.2, 0.25) is 5.91 Å². The van der Waals surface area contributed by atoms with Crippen molar-refractivity contribution in [2.75, 3.05) is 16.8 Å². The van der Waals surface area contributed by atoms with Crippen LogP contribution in [0, 0.1) is 12.0 Å². The van der Waals surface area contributed by atoms with Crippen molar-refractivity contribution in [2.45, 2.75) is 65.1 Å². The Morgan fingerprint density at radius 3 is 2.24 bits per heavy atom. The topological polar surface area (TPSA) is 57.0 Å². The van der Waals surface area contributed by atoms with Crippen molar-refractivity contribution in [2.24, 2.45) is 5.41 Å². The highest BCUT2D eigenvalue weighted by molar-refractivity contribution is 7.81. The lowest BCUT2D eigenvalue weighted by atomic mass is 9.75. The highest BCUT2D eigenvalue weighted by Crippen LogP contribution is 2.49. The zero-order chi connectivity index (χ0) is 27.2. The summed E-state index contributed by atoms with van der Waals surface area (Å²) in [4.78, 5) is 31.6. The lowest BCUT2D eigenvalue weighted by Crippen LogP contribution is -2.55. The van der Waals surface area contributed by atoms with E-state index in [0.29, 0.717) is 31.4 Å². The van der Waals surface area contributed by atoms with Crippen LogP contribution in [0.1, 0.15) is 58.1 Å². The van der Waals surface area contributed by atoms with E-state index in [1.807, 2.05) is 38.1 Å². The standard InChI is InChI=1S/C27H27F3N4O2S.CH4/c1-25(2,22(35)32-4)15-12-17-6-8-18(9-7-17)34-24(37)33(23(36)26(34)13-5-14-26)19-10-11-21(31-3)20(16-19)27(28,29)30;/h6-11,16H,5,12-15H2,1-2,4H3,(H,32,35);1H4. The number of aryl methyl sites for hydroxylation is 1. The molecule has 1 saturated carbocycles. The summed E-state index contributed by atoms with van der Waals surface area (Å²) in [6.07, 6.45) is -1.54. The molecule has 0 atom stereocenters. The molecule has 1 N–H and O–H groups in total. The lowest BCUT2D eigenvalue weighted by molar-refractivity contribution is -0.137. The molecule has 1 aliphatic heterocycles. The van der Waals surface area contributed by atoms with Crippen LogP contribution in [-0.4, -0.2) is 29.5 Å². The number of nitrogens with one attached hydrogen (secondary N) is 1. The monoisotopic (exact) mass is 544 g/mol. The average molecular weight is 545 g/mol. The number of nitrogens with zero attached hydrogens (tertiary/aromatic N) is 3. The molecule has 1 heterocycles. The van der Waals surface area contributed by atoms with Gasteiger partial charge in [0.05, 0.1) is 12.1 Å². The Morgan fingerprint density at radius 2 is 1.74 bits per heavy atom. The second-order valence-corrected chi connectivity index (χ2v) is 10.4. The maximum absolute atomic E-state index is 13.6. The van der Waals surface area contributed by atoms with Crippen molar-refractivity contribution < 1.29 is 22.8 Å². The van der Waals surface area contributed by atoms with E-state index < -0.39 is 28.4 Å². The quantitative estimate of drug-likeness (QED) is 0.327. The van der Waals surface area contributed by atoms with Crippen LogP contribution >= 0.6 is 12.2 Å². The van der Waals surface area contributed by atoms with Gasteiger partial charge in [0, 0.05) is 23.8 Å². The molecule has 2 fully saturated rings. The minimum atomic E-state index is -4.74. The van der Waals surface area contributed by atoms with E-state index in [1.54, 1.807) is 11.9 Å². The molecule has 6 nitrogen and oxygen atoms in total. The predicted octanol–water partition coefficient (Wildman–Crippen LogP) is 6.66. The van der Waals surface area contributed by atoms with Gasteiger partial charge < -0.3 is 10.2 Å². The minimum absolute atomic E-state index is 0. The molecule has 1 saturated heterocycles. The number of halogens is 3. The van der Waals surface area contributed by atoms with Crippen LogP contribution in [-0.2, 0) is 22.2 Å². The SMILES string of the molecule is C.[C-]#[N+]c1ccc(N2C(=O)C3(CCC3)N(c3ccc(CCC(C)(C)C(=O)NC)cc3)C2=S)cc1C(F)(F)F. The highest BCUT2D eigenvalue weighted by Gasteiger charge is 2.59. The molecule has 2 aliphatic rings. The van der Waals surface area contributed by atoms with Gasteiger partial charge in [-0.3, -0.25) is 14.5 Å². The van der Waals surface area contributed by atoms with E-state index in [2.05, 4.69) is 10.2 Å². The molecule has 0 bridgehead atoms. The van der Waals surface area contributed by atoms with Crippen molar-refractivity contribution in [1.82, 2.24) is 5.32 Å². The number of hydrogen-bond acceptors (Lipinski definition) is 3. The molecule has 0 unspecified atom stereocenters. The van der Waals surface area contributed by atoms with E-state index in [9.17, 15) is 22.8 Å². The molecule has 4 rings (SSSR count). The number of thiocarbonyl (C=S) groups is 1. The molecule has 2 aromatic carbocycles. The third-order valence-electron chi connectivity index (χ3n) is 7.33. The fraction of sp³-hybridized carbons (Fsp3) is 0.429. The van der Waals surface area contributed by atoms with Crippen LogP contribution in [0.3, 0.4) is 0 Å². The molecule has 0 radical (unpaired) electrons. The predicted molar refractivity (Wildman–Crippen MR) is 146 cm³/mol. The van der Waals surface area contributed by atoms with Crippen LogP contribution < -0.4 is 15.1 Å². The Labute approximate surface area is 226 Å². The largest absolute Gasteiger partial charge is 0.407 e. The number of carbonyl (C=O) groups is 2. The highest BCUT2D eigenvalue weighted by atomic mass is 32.1.